The lowest BCUT2D eigenvalue weighted by molar-refractivity contribution is -0.144. The second kappa shape index (κ2) is 5.83. The van der Waals surface area contributed by atoms with Crippen LogP contribution in [0.3, 0.4) is 0 Å². The van der Waals surface area contributed by atoms with Crippen molar-refractivity contribution in [1.82, 2.24) is 9.97 Å². The zero-order chi connectivity index (χ0) is 13.8. The molecule has 0 radical (unpaired) electrons. The van der Waals surface area contributed by atoms with Gasteiger partial charge in [0, 0.05) is 19.7 Å². The fraction of sp³-hybridized carbons (Fsp3) is 0.556. The summed E-state index contributed by atoms with van der Waals surface area (Å²) >= 11 is 0. The molecule has 0 fully saturated rings. The van der Waals surface area contributed by atoms with Crippen molar-refractivity contribution in [2.75, 3.05) is 24.4 Å². The van der Waals surface area contributed by atoms with Gasteiger partial charge in [-0.15, -0.1) is 0 Å². The molecule has 1 unspecified atom stereocenters. The van der Waals surface area contributed by atoms with Crippen molar-refractivity contribution in [1.29, 1.82) is 0 Å². The smallest absolute Gasteiger partial charge is 0.380 e. The molecular weight excluding hydrogens is 251 g/mol. The third kappa shape index (κ3) is 4.00. The molecule has 0 aliphatic rings. The summed E-state index contributed by atoms with van der Waals surface area (Å²) in [6, 6.07) is 1.28. The second-order valence-electron chi connectivity index (χ2n) is 3.53. The Kier molecular flexibility index (Phi) is 4.68. The van der Waals surface area contributed by atoms with E-state index < -0.39 is 12.0 Å². The van der Waals surface area contributed by atoms with E-state index >= 15 is 0 Å². The molecule has 9 heteroatoms. The van der Waals surface area contributed by atoms with Crippen molar-refractivity contribution in [3.8, 4) is 0 Å². The first kappa shape index (κ1) is 14.5. The van der Waals surface area contributed by atoms with Crippen molar-refractivity contribution in [2.45, 2.75) is 19.2 Å². The van der Waals surface area contributed by atoms with Crippen molar-refractivity contribution in [3.05, 3.63) is 11.9 Å². The first-order valence-electron chi connectivity index (χ1n) is 5.06. The van der Waals surface area contributed by atoms with Gasteiger partial charge in [0.05, 0.1) is 6.10 Å². The van der Waals surface area contributed by atoms with Crippen molar-refractivity contribution in [3.63, 3.8) is 0 Å². The Morgan fingerprint density at radius 1 is 1.39 bits per heavy atom. The molecule has 6 nitrogen and oxygen atoms in total. The lowest BCUT2D eigenvalue weighted by Crippen LogP contribution is -2.21. The average molecular weight is 265 g/mol. The Hall–Kier alpha value is -1.61. The number of hydrazine groups is 1. The predicted molar refractivity (Wildman–Crippen MR) is 59.8 cm³/mol. The average Bonchev–Trinajstić information content (AvgIpc) is 2.34. The fourth-order valence-corrected chi connectivity index (χ4v) is 1.07. The van der Waals surface area contributed by atoms with Crippen LogP contribution in [0.1, 0.15) is 12.7 Å². The molecule has 0 bridgehead atoms. The van der Waals surface area contributed by atoms with Crippen molar-refractivity contribution >= 4 is 11.6 Å². The zero-order valence-electron chi connectivity index (χ0n) is 9.88. The highest BCUT2D eigenvalue weighted by molar-refractivity contribution is 5.47. The quantitative estimate of drug-likeness (QED) is 0.548. The highest BCUT2D eigenvalue weighted by atomic mass is 19.4. The Morgan fingerprint density at radius 2 is 2.00 bits per heavy atom. The number of halogens is 3. The van der Waals surface area contributed by atoms with Crippen LogP contribution >= 0.6 is 0 Å². The van der Waals surface area contributed by atoms with E-state index in [1.54, 1.807) is 6.92 Å². The molecule has 0 aliphatic heterocycles. The van der Waals surface area contributed by atoms with E-state index in [9.17, 15) is 13.2 Å². The first-order chi connectivity index (χ1) is 8.36. The second-order valence-corrected chi connectivity index (χ2v) is 3.53. The van der Waals surface area contributed by atoms with Crippen LogP contribution in [0.4, 0.5) is 24.8 Å². The van der Waals surface area contributed by atoms with Gasteiger partial charge in [-0.2, -0.15) is 13.2 Å². The number of alkyl halides is 3. The predicted octanol–water partition coefficient (Wildman–Crippen LogP) is 1.23. The maximum Gasteiger partial charge on any atom is 0.451 e. The number of hydrogen-bond acceptors (Lipinski definition) is 6. The van der Waals surface area contributed by atoms with E-state index in [1.807, 2.05) is 0 Å². The Balaban J connectivity index is 2.91. The summed E-state index contributed by atoms with van der Waals surface area (Å²) in [5.41, 5.74) is 2.06. The number of methoxy groups -OCH3 is 1. The number of nitrogens with one attached hydrogen (secondary N) is 2. The van der Waals surface area contributed by atoms with Gasteiger partial charge in [-0.3, -0.25) is 0 Å². The van der Waals surface area contributed by atoms with Gasteiger partial charge < -0.3 is 15.5 Å². The molecule has 1 aromatic heterocycles. The van der Waals surface area contributed by atoms with Crippen LogP contribution in [0.2, 0.25) is 0 Å². The summed E-state index contributed by atoms with van der Waals surface area (Å²) in [5, 5.41) is 2.71. The maximum atomic E-state index is 12.5. The normalized spacial score (nSPS) is 13.2. The third-order valence-corrected chi connectivity index (χ3v) is 2.10. The number of aromatic nitrogens is 2. The highest BCUT2D eigenvalue weighted by Gasteiger charge is 2.35. The van der Waals surface area contributed by atoms with Crippen LogP contribution in [0.5, 0.6) is 0 Å². The van der Waals surface area contributed by atoms with Gasteiger partial charge in [-0.25, -0.2) is 15.8 Å². The molecule has 102 valence electrons. The molecule has 18 heavy (non-hydrogen) atoms. The van der Waals surface area contributed by atoms with Crippen LogP contribution in [0.25, 0.3) is 0 Å². The molecule has 0 saturated heterocycles. The van der Waals surface area contributed by atoms with Crippen molar-refractivity contribution < 1.29 is 17.9 Å². The first-order valence-corrected chi connectivity index (χ1v) is 5.06. The fourth-order valence-electron chi connectivity index (χ4n) is 1.07. The highest BCUT2D eigenvalue weighted by Crippen LogP contribution is 2.28. The Morgan fingerprint density at radius 3 is 2.50 bits per heavy atom. The number of hydrogen-bond donors (Lipinski definition) is 3. The summed E-state index contributed by atoms with van der Waals surface area (Å²) in [6.45, 7) is 2.08. The molecule has 0 saturated carbocycles. The van der Waals surface area contributed by atoms with E-state index in [-0.39, 0.29) is 17.7 Å². The van der Waals surface area contributed by atoms with Gasteiger partial charge in [0.2, 0.25) is 5.82 Å². The summed E-state index contributed by atoms with van der Waals surface area (Å²) in [5.74, 6) is 3.70. The number of nitrogens with zero attached hydrogens (tertiary/aromatic N) is 2. The molecule has 1 heterocycles. The number of rotatable bonds is 5. The third-order valence-electron chi connectivity index (χ3n) is 2.10. The molecule has 1 aromatic rings. The van der Waals surface area contributed by atoms with E-state index in [0.29, 0.717) is 6.54 Å². The van der Waals surface area contributed by atoms with Crippen LogP contribution < -0.4 is 16.6 Å². The molecule has 0 amide bonds. The molecule has 0 aliphatic carbocycles. The standard InChI is InChI=1S/C9H14F3N5O/c1-5(18-2)4-14-6-3-7(17-13)16-8(15-6)9(10,11)12/h3,5H,4,13H2,1-2H3,(H2,14,15,16,17). The number of nitrogens with two attached hydrogens (primary N) is 1. The minimum atomic E-state index is -4.63. The summed E-state index contributed by atoms with van der Waals surface area (Å²) in [7, 11) is 1.50. The Labute approximate surface area is 102 Å². The van der Waals surface area contributed by atoms with Gasteiger partial charge in [0.15, 0.2) is 0 Å². The number of anilines is 2. The van der Waals surface area contributed by atoms with Crippen LogP contribution in [0, 0.1) is 0 Å². The van der Waals surface area contributed by atoms with Crippen LogP contribution in [-0.4, -0.2) is 29.7 Å². The molecule has 0 spiro atoms. The zero-order valence-corrected chi connectivity index (χ0v) is 9.88. The van der Waals surface area contributed by atoms with Gasteiger partial charge in [-0.05, 0) is 6.92 Å². The van der Waals surface area contributed by atoms with E-state index in [2.05, 4.69) is 20.7 Å². The topological polar surface area (TPSA) is 85.1 Å². The SMILES string of the molecule is COC(C)CNc1cc(NN)nc(C(F)(F)F)n1. The summed E-state index contributed by atoms with van der Waals surface area (Å²) in [6.07, 6.45) is -4.79. The Bertz CT molecular complexity index is 398. The lowest BCUT2D eigenvalue weighted by atomic mass is 10.4. The lowest BCUT2D eigenvalue weighted by Gasteiger charge is -2.13. The van der Waals surface area contributed by atoms with Gasteiger partial charge in [0.25, 0.3) is 0 Å². The van der Waals surface area contributed by atoms with E-state index in [1.165, 1.54) is 13.2 Å². The monoisotopic (exact) mass is 265 g/mol. The van der Waals surface area contributed by atoms with Gasteiger partial charge in [-0.1, -0.05) is 0 Å². The van der Waals surface area contributed by atoms with Gasteiger partial charge in [0.1, 0.15) is 11.6 Å². The molecule has 1 atom stereocenters. The van der Waals surface area contributed by atoms with E-state index in [4.69, 9.17) is 10.6 Å². The van der Waals surface area contributed by atoms with Gasteiger partial charge >= 0.3 is 6.18 Å². The minimum Gasteiger partial charge on any atom is -0.380 e. The number of ether oxygens (including phenoxy) is 1. The summed E-state index contributed by atoms with van der Waals surface area (Å²) < 4.78 is 42.5. The maximum absolute atomic E-state index is 12.5. The minimum absolute atomic E-state index is 0.0224. The largest absolute Gasteiger partial charge is 0.451 e. The summed E-state index contributed by atoms with van der Waals surface area (Å²) in [4.78, 5) is 6.59. The van der Waals surface area contributed by atoms with Crippen LogP contribution in [0.15, 0.2) is 6.07 Å². The molecule has 1 rings (SSSR count). The molecule has 0 aromatic carbocycles. The number of nitrogen functional groups attached to an aromatic ring is 1. The molecule has 4 N–H and O–H groups in total. The van der Waals surface area contributed by atoms with E-state index in [0.717, 1.165) is 0 Å². The van der Waals surface area contributed by atoms with Crippen LogP contribution in [-0.2, 0) is 10.9 Å². The molecular formula is C9H14F3N5O. The van der Waals surface area contributed by atoms with Crippen molar-refractivity contribution in [2.24, 2.45) is 5.84 Å².